The largest absolute Gasteiger partial charge is 0.396 e. The summed E-state index contributed by atoms with van der Waals surface area (Å²) in [6, 6.07) is 8.98. The monoisotopic (exact) mass is 449 g/mol. The number of aliphatic hydroxyl groups excluding tert-OH is 1. The molecule has 0 spiro atoms. The van der Waals surface area contributed by atoms with Crippen molar-refractivity contribution < 1.29 is 15.0 Å². The van der Waals surface area contributed by atoms with Gasteiger partial charge in [0.2, 0.25) is 0 Å². The van der Waals surface area contributed by atoms with E-state index in [1.807, 2.05) is 6.08 Å². The molecule has 2 fully saturated rings. The Bertz CT molecular complexity index is 991. The maximum Gasteiger partial charge on any atom is 0.156 e. The topological polar surface area (TPSA) is 60.8 Å². The lowest BCUT2D eigenvalue weighted by atomic mass is 9.51. The van der Waals surface area contributed by atoms with Gasteiger partial charge in [0, 0.05) is 44.1 Å². The molecule has 4 aliphatic carbocycles. The molecule has 0 bridgehead atoms. The van der Waals surface area contributed by atoms with Crippen LogP contribution in [0.4, 0.5) is 5.69 Å². The van der Waals surface area contributed by atoms with Gasteiger partial charge in [-0.1, -0.05) is 24.6 Å². The molecular formula is C29H39NO3. The molecule has 0 amide bonds. The van der Waals surface area contributed by atoms with E-state index < -0.39 is 5.60 Å². The number of allylic oxidation sites excluding steroid dienone is 4. The first-order chi connectivity index (χ1) is 15.8. The van der Waals surface area contributed by atoms with Gasteiger partial charge in [-0.15, -0.1) is 0 Å². The number of carbonyl (C=O) groups excluding carboxylic acids is 1. The summed E-state index contributed by atoms with van der Waals surface area (Å²) >= 11 is 0. The standard InChI is InChI=1S/C29H39NO3/c1-28-18-25(19-5-8-21(9-6-19)30(2)3)27-23-12-10-22(32)17-20(23)7-11-24(27)26(28)13-15-29(28,33)14-4-16-31/h5-6,8-9,17,24-26,31,33H,4,7,10-16,18H2,1-3H3/t24?,25?,26?,28-,29+/m1/s1. The molecule has 0 aromatic heterocycles. The maximum atomic E-state index is 12.2. The highest BCUT2D eigenvalue weighted by Gasteiger charge is 2.62. The highest BCUT2D eigenvalue weighted by Crippen LogP contribution is 2.67. The van der Waals surface area contributed by atoms with Gasteiger partial charge in [-0.05, 0) is 98.1 Å². The summed E-state index contributed by atoms with van der Waals surface area (Å²) in [7, 11) is 4.14. The fourth-order valence-electron chi connectivity index (χ4n) is 7.84. The molecule has 0 radical (unpaired) electrons. The van der Waals surface area contributed by atoms with Gasteiger partial charge in [0.05, 0.1) is 5.60 Å². The zero-order valence-corrected chi connectivity index (χ0v) is 20.4. The Kier molecular flexibility index (Phi) is 5.81. The van der Waals surface area contributed by atoms with Crippen LogP contribution in [0.5, 0.6) is 0 Å². The van der Waals surface area contributed by atoms with E-state index in [4.69, 9.17) is 0 Å². The summed E-state index contributed by atoms with van der Waals surface area (Å²) in [6.45, 7) is 2.47. The van der Waals surface area contributed by atoms with Crippen LogP contribution in [0.2, 0.25) is 0 Å². The summed E-state index contributed by atoms with van der Waals surface area (Å²) in [4.78, 5) is 14.3. The van der Waals surface area contributed by atoms with Crippen molar-refractivity contribution in [2.24, 2.45) is 17.3 Å². The van der Waals surface area contributed by atoms with Crippen molar-refractivity contribution in [3.63, 3.8) is 0 Å². The number of hydrogen-bond acceptors (Lipinski definition) is 4. The molecule has 3 unspecified atom stereocenters. The van der Waals surface area contributed by atoms with Gasteiger partial charge in [0.25, 0.3) is 0 Å². The number of fused-ring (bicyclic) bond motifs is 4. The number of ketones is 1. The van der Waals surface area contributed by atoms with E-state index in [2.05, 4.69) is 50.2 Å². The molecule has 2 saturated carbocycles. The van der Waals surface area contributed by atoms with Gasteiger partial charge in [-0.25, -0.2) is 0 Å². The van der Waals surface area contributed by atoms with Crippen LogP contribution in [0.15, 0.2) is 47.1 Å². The minimum Gasteiger partial charge on any atom is -0.396 e. The average molecular weight is 450 g/mol. The van der Waals surface area contributed by atoms with Crippen molar-refractivity contribution >= 4 is 11.5 Å². The molecule has 5 rings (SSSR count). The minimum atomic E-state index is -0.711. The number of carbonyl (C=O) groups is 1. The van der Waals surface area contributed by atoms with Crippen LogP contribution in [0.1, 0.15) is 76.2 Å². The highest BCUT2D eigenvalue weighted by atomic mass is 16.3. The zero-order valence-electron chi connectivity index (χ0n) is 20.4. The smallest absolute Gasteiger partial charge is 0.156 e. The van der Waals surface area contributed by atoms with Gasteiger partial charge < -0.3 is 15.1 Å². The normalized spacial score (nSPS) is 35.6. The highest BCUT2D eigenvalue weighted by molar-refractivity contribution is 5.93. The summed E-state index contributed by atoms with van der Waals surface area (Å²) in [6.07, 6.45) is 9.68. The van der Waals surface area contributed by atoms with Crippen molar-refractivity contribution in [2.75, 3.05) is 25.6 Å². The van der Waals surface area contributed by atoms with E-state index in [9.17, 15) is 15.0 Å². The first kappa shape index (κ1) is 22.9. The van der Waals surface area contributed by atoms with Crippen LogP contribution in [0.25, 0.3) is 0 Å². The molecule has 0 aliphatic heterocycles. The molecule has 4 nitrogen and oxygen atoms in total. The van der Waals surface area contributed by atoms with Gasteiger partial charge in [0.1, 0.15) is 0 Å². The van der Waals surface area contributed by atoms with Crippen LogP contribution < -0.4 is 4.90 Å². The second-order valence-electron chi connectivity index (χ2n) is 11.4. The van der Waals surface area contributed by atoms with Crippen LogP contribution in [-0.2, 0) is 4.79 Å². The Morgan fingerprint density at radius 1 is 1.09 bits per heavy atom. The number of nitrogens with zero attached hydrogens (tertiary/aromatic N) is 1. The quantitative estimate of drug-likeness (QED) is 0.652. The SMILES string of the molecule is CN(C)c1ccc(C2C[C@]3(C)C(CC[C@@]3(O)CCCO)C3CCC4=CC(=O)CCC4=C23)cc1. The van der Waals surface area contributed by atoms with Crippen LogP contribution in [0, 0.1) is 17.3 Å². The molecule has 0 heterocycles. The van der Waals surface area contributed by atoms with Crippen molar-refractivity contribution in [1.29, 1.82) is 0 Å². The lowest BCUT2D eigenvalue weighted by Crippen LogP contribution is -2.51. The molecule has 1 aromatic rings. The van der Waals surface area contributed by atoms with Gasteiger partial charge >= 0.3 is 0 Å². The molecule has 33 heavy (non-hydrogen) atoms. The second-order valence-corrected chi connectivity index (χ2v) is 11.4. The van der Waals surface area contributed by atoms with Crippen molar-refractivity contribution in [1.82, 2.24) is 0 Å². The second kappa shape index (κ2) is 8.39. The number of benzene rings is 1. The van der Waals surface area contributed by atoms with E-state index in [1.165, 1.54) is 22.4 Å². The van der Waals surface area contributed by atoms with Crippen molar-refractivity contribution in [3.05, 3.63) is 52.6 Å². The summed E-state index contributed by atoms with van der Waals surface area (Å²) in [5, 5.41) is 21.4. The number of hydrogen-bond donors (Lipinski definition) is 2. The summed E-state index contributed by atoms with van der Waals surface area (Å²) < 4.78 is 0. The first-order valence-electron chi connectivity index (χ1n) is 12.8. The summed E-state index contributed by atoms with van der Waals surface area (Å²) in [5.41, 5.74) is 5.98. The molecule has 4 heteroatoms. The minimum absolute atomic E-state index is 0.138. The first-order valence-corrected chi connectivity index (χ1v) is 12.8. The average Bonchev–Trinajstić information content (AvgIpc) is 3.07. The van der Waals surface area contributed by atoms with Crippen molar-refractivity contribution in [3.8, 4) is 0 Å². The number of rotatable bonds is 5. The Hall–Kier alpha value is -1.91. The Morgan fingerprint density at radius 3 is 2.55 bits per heavy atom. The van der Waals surface area contributed by atoms with Crippen LogP contribution in [0.3, 0.4) is 0 Å². The third kappa shape index (κ3) is 3.61. The van der Waals surface area contributed by atoms with E-state index >= 15 is 0 Å². The third-order valence-corrected chi connectivity index (χ3v) is 9.62. The fraction of sp³-hybridized carbons (Fsp3) is 0.621. The fourth-order valence-corrected chi connectivity index (χ4v) is 7.84. The molecule has 2 N–H and O–H groups in total. The molecular weight excluding hydrogens is 410 g/mol. The van der Waals surface area contributed by atoms with Crippen LogP contribution >= 0.6 is 0 Å². The Labute approximate surface area is 198 Å². The van der Waals surface area contributed by atoms with E-state index in [-0.39, 0.29) is 23.7 Å². The lowest BCUT2D eigenvalue weighted by Gasteiger charge is -2.55. The third-order valence-electron chi connectivity index (χ3n) is 9.62. The van der Waals surface area contributed by atoms with Crippen molar-refractivity contribution in [2.45, 2.75) is 76.2 Å². The van der Waals surface area contributed by atoms with E-state index in [1.54, 1.807) is 5.57 Å². The predicted octanol–water partition coefficient (Wildman–Crippen LogP) is 5.16. The van der Waals surface area contributed by atoms with E-state index in [0.29, 0.717) is 31.1 Å². The zero-order chi connectivity index (χ0) is 23.4. The molecule has 4 aliphatic rings. The lowest BCUT2D eigenvalue weighted by molar-refractivity contribution is -0.114. The molecule has 5 atom stereocenters. The Balaban J connectivity index is 1.62. The molecule has 178 valence electrons. The number of anilines is 1. The van der Waals surface area contributed by atoms with Gasteiger partial charge in [-0.3, -0.25) is 4.79 Å². The van der Waals surface area contributed by atoms with Crippen LogP contribution in [-0.4, -0.2) is 42.3 Å². The maximum absolute atomic E-state index is 12.2. The number of aliphatic hydroxyl groups is 2. The molecule has 1 aromatic carbocycles. The summed E-state index contributed by atoms with van der Waals surface area (Å²) in [5.74, 6) is 1.50. The molecule has 0 saturated heterocycles. The van der Waals surface area contributed by atoms with E-state index in [0.717, 1.165) is 38.5 Å². The predicted molar refractivity (Wildman–Crippen MR) is 132 cm³/mol. The van der Waals surface area contributed by atoms with Gasteiger partial charge in [0.15, 0.2) is 5.78 Å². The van der Waals surface area contributed by atoms with Gasteiger partial charge in [-0.2, -0.15) is 0 Å². The Morgan fingerprint density at radius 2 is 1.85 bits per heavy atom.